The van der Waals surface area contributed by atoms with Gasteiger partial charge in [-0.05, 0) is 54.5 Å². The molecule has 2 aromatic rings. The fourth-order valence-corrected chi connectivity index (χ4v) is 3.87. The van der Waals surface area contributed by atoms with Gasteiger partial charge in [-0.3, -0.25) is 4.79 Å². The number of nitrogens with one attached hydrogen (secondary N) is 1. The zero-order chi connectivity index (χ0) is 17.1. The van der Waals surface area contributed by atoms with Crippen molar-refractivity contribution in [2.24, 2.45) is 0 Å². The van der Waals surface area contributed by atoms with Gasteiger partial charge in [-0.1, -0.05) is 12.1 Å². The minimum Gasteiger partial charge on any atom is -0.496 e. The number of ether oxygens (including phenoxy) is 2. The van der Waals surface area contributed by atoms with Crippen LogP contribution in [0.1, 0.15) is 43.2 Å². The molecule has 1 aliphatic rings. The van der Waals surface area contributed by atoms with Crippen LogP contribution in [0.4, 0.5) is 0 Å². The molecule has 3 rings (SSSR count). The zero-order valence-electron chi connectivity index (χ0n) is 14.6. The second-order valence-electron chi connectivity index (χ2n) is 6.39. The van der Waals surface area contributed by atoms with Gasteiger partial charge in [0, 0.05) is 24.6 Å². The van der Waals surface area contributed by atoms with Crippen molar-refractivity contribution in [2.45, 2.75) is 38.5 Å². The summed E-state index contributed by atoms with van der Waals surface area (Å²) in [6.07, 6.45) is 4.13. The standard InChI is InChI=1S/C20H25NO3/c1-13(22)21-12-4-5-14-6-9-16-17(23-2)10-7-15-8-11-18(24-3)20(14)19(15)16/h7-8,10-11,14H,4-6,9,12H2,1-3H3,(H,21,22). The lowest BCUT2D eigenvalue weighted by atomic mass is 9.78. The van der Waals surface area contributed by atoms with Gasteiger partial charge in [-0.15, -0.1) is 0 Å². The van der Waals surface area contributed by atoms with Crippen LogP contribution >= 0.6 is 0 Å². The van der Waals surface area contributed by atoms with E-state index in [-0.39, 0.29) is 5.91 Å². The Kier molecular flexibility index (Phi) is 4.93. The van der Waals surface area contributed by atoms with E-state index < -0.39 is 0 Å². The van der Waals surface area contributed by atoms with Crippen LogP contribution in [0.3, 0.4) is 0 Å². The number of carbonyl (C=O) groups is 1. The summed E-state index contributed by atoms with van der Waals surface area (Å²) in [6, 6.07) is 8.38. The highest BCUT2D eigenvalue weighted by molar-refractivity contribution is 5.93. The van der Waals surface area contributed by atoms with Gasteiger partial charge in [0.25, 0.3) is 0 Å². The van der Waals surface area contributed by atoms with Crippen molar-refractivity contribution >= 4 is 16.7 Å². The van der Waals surface area contributed by atoms with E-state index in [1.165, 1.54) is 21.9 Å². The van der Waals surface area contributed by atoms with Crippen LogP contribution < -0.4 is 14.8 Å². The van der Waals surface area contributed by atoms with Crippen molar-refractivity contribution < 1.29 is 14.3 Å². The lowest BCUT2D eigenvalue weighted by molar-refractivity contribution is -0.118. The third-order valence-corrected chi connectivity index (χ3v) is 4.95. The maximum absolute atomic E-state index is 11.0. The van der Waals surface area contributed by atoms with Crippen molar-refractivity contribution in [3.8, 4) is 11.5 Å². The number of hydrogen-bond donors (Lipinski definition) is 1. The SMILES string of the molecule is COc1ccc2ccc(OC)c3c2c1CCC3CCCNC(C)=O. The summed E-state index contributed by atoms with van der Waals surface area (Å²) in [6.45, 7) is 2.29. The Morgan fingerprint density at radius 1 is 1.17 bits per heavy atom. The molecule has 1 amide bonds. The number of aryl methyl sites for hydroxylation is 1. The Bertz CT molecular complexity index is 749. The number of amides is 1. The van der Waals surface area contributed by atoms with Crippen LogP contribution in [0.2, 0.25) is 0 Å². The Balaban J connectivity index is 1.97. The predicted octanol–water partition coefficient (Wildman–Crippen LogP) is 3.80. The molecule has 24 heavy (non-hydrogen) atoms. The molecule has 1 aliphatic carbocycles. The molecule has 0 saturated heterocycles. The van der Waals surface area contributed by atoms with Crippen LogP contribution in [0, 0.1) is 0 Å². The second-order valence-corrected chi connectivity index (χ2v) is 6.39. The zero-order valence-corrected chi connectivity index (χ0v) is 14.6. The van der Waals surface area contributed by atoms with Gasteiger partial charge in [0.2, 0.25) is 5.91 Å². The molecule has 0 fully saturated rings. The topological polar surface area (TPSA) is 47.6 Å². The average Bonchev–Trinajstić information content (AvgIpc) is 2.60. The molecule has 0 aromatic heterocycles. The maximum atomic E-state index is 11.0. The molecule has 2 aromatic carbocycles. The summed E-state index contributed by atoms with van der Waals surface area (Å²) in [5.74, 6) is 2.42. The molecule has 0 bridgehead atoms. The summed E-state index contributed by atoms with van der Waals surface area (Å²) in [5, 5.41) is 5.43. The van der Waals surface area contributed by atoms with Crippen LogP contribution in [0.5, 0.6) is 11.5 Å². The largest absolute Gasteiger partial charge is 0.496 e. The molecule has 0 spiro atoms. The highest BCUT2D eigenvalue weighted by Crippen LogP contribution is 2.46. The molecule has 0 saturated carbocycles. The van der Waals surface area contributed by atoms with Crippen molar-refractivity contribution in [3.63, 3.8) is 0 Å². The van der Waals surface area contributed by atoms with Crippen LogP contribution in [-0.2, 0) is 11.2 Å². The normalized spacial score (nSPS) is 16.0. The third-order valence-electron chi connectivity index (χ3n) is 4.95. The lowest BCUT2D eigenvalue weighted by Crippen LogP contribution is -2.21. The summed E-state index contributed by atoms with van der Waals surface area (Å²) in [5.41, 5.74) is 2.60. The van der Waals surface area contributed by atoms with Crippen molar-refractivity contribution in [3.05, 3.63) is 35.4 Å². The molecule has 4 heteroatoms. The van der Waals surface area contributed by atoms with Crippen LogP contribution in [-0.4, -0.2) is 26.7 Å². The van der Waals surface area contributed by atoms with Gasteiger partial charge < -0.3 is 14.8 Å². The van der Waals surface area contributed by atoms with E-state index in [0.717, 1.165) is 43.7 Å². The molecule has 0 radical (unpaired) electrons. The minimum absolute atomic E-state index is 0.0356. The van der Waals surface area contributed by atoms with Crippen molar-refractivity contribution in [2.75, 3.05) is 20.8 Å². The van der Waals surface area contributed by atoms with Gasteiger partial charge in [0.05, 0.1) is 14.2 Å². The molecular formula is C20H25NO3. The van der Waals surface area contributed by atoms with E-state index in [1.54, 1.807) is 21.1 Å². The maximum Gasteiger partial charge on any atom is 0.216 e. The van der Waals surface area contributed by atoms with Crippen LogP contribution in [0.15, 0.2) is 24.3 Å². The first-order chi connectivity index (χ1) is 11.7. The third kappa shape index (κ3) is 3.05. The number of hydrogen-bond acceptors (Lipinski definition) is 3. The fourth-order valence-electron chi connectivity index (χ4n) is 3.87. The molecule has 4 nitrogen and oxygen atoms in total. The van der Waals surface area contributed by atoms with Gasteiger partial charge in [0.15, 0.2) is 0 Å². The average molecular weight is 327 g/mol. The van der Waals surface area contributed by atoms with Crippen molar-refractivity contribution in [1.82, 2.24) is 5.32 Å². The smallest absolute Gasteiger partial charge is 0.216 e. The summed E-state index contributed by atoms with van der Waals surface area (Å²) in [4.78, 5) is 11.0. The number of carbonyl (C=O) groups excluding carboxylic acids is 1. The lowest BCUT2D eigenvalue weighted by Gasteiger charge is -2.28. The van der Waals surface area contributed by atoms with Gasteiger partial charge in [-0.25, -0.2) is 0 Å². The Morgan fingerprint density at radius 3 is 2.54 bits per heavy atom. The van der Waals surface area contributed by atoms with E-state index in [9.17, 15) is 4.79 Å². The number of methoxy groups -OCH3 is 2. The monoisotopic (exact) mass is 327 g/mol. The van der Waals surface area contributed by atoms with E-state index >= 15 is 0 Å². The highest BCUT2D eigenvalue weighted by atomic mass is 16.5. The first-order valence-electron chi connectivity index (χ1n) is 8.56. The van der Waals surface area contributed by atoms with Crippen LogP contribution in [0.25, 0.3) is 10.8 Å². The highest BCUT2D eigenvalue weighted by Gasteiger charge is 2.27. The van der Waals surface area contributed by atoms with Crippen molar-refractivity contribution in [1.29, 1.82) is 0 Å². The molecule has 1 unspecified atom stereocenters. The van der Waals surface area contributed by atoms with Gasteiger partial charge in [-0.2, -0.15) is 0 Å². The van der Waals surface area contributed by atoms with E-state index in [1.807, 2.05) is 0 Å². The van der Waals surface area contributed by atoms with E-state index in [4.69, 9.17) is 9.47 Å². The number of benzene rings is 2. The molecule has 0 heterocycles. The Labute approximate surface area is 143 Å². The minimum atomic E-state index is 0.0356. The Morgan fingerprint density at radius 2 is 1.88 bits per heavy atom. The Hall–Kier alpha value is -2.23. The predicted molar refractivity (Wildman–Crippen MR) is 96.0 cm³/mol. The van der Waals surface area contributed by atoms with Gasteiger partial charge in [0.1, 0.15) is 11.5 Å². The summed E-state index contributed by atoms with van der Waals surface area (Å²) >= 11 is 0. The molecule has 1 atom stereocenters. The van der Waals surface area contributed by atoms with Gasteiger partial charge >= 0.3 is 0 Å². The molecular weight excluding hydrogens is 302 g/mol. The summed E-state index contributed by atoms with van der Waals surface area (Å²) in [7, 11) is 3.47. The quantitative estimate of drug-likeness (QED) is 0.821. The summed E-state index contributed by atoms with van der Waals surface area (Å²) < 4.78 is 11.2. The first-order valence-corrected chi connectivity index (χ1v) is 8.56. The number of rotatable bonds is 6. The van der Waals surface area contributed by atoms with E-state index in [0.29, 0.717) is 5.92 Å². The molecule has 0 aliphatic heterocycles. The first kappa shape index (κ1) is 16.6. The van der Waals surface area contributed by atoms with E-state index in [2.05, 4.69) is 29.6 Å². The molecule has 128 valence electrons. The fraction of sp³-hybridized carbons (Fsp3) is 0.450. The second kappa shape index (κ2) is 7.12. The molecule has 1 N–H and O–H groups in total.